The van der Waals surface area contributed by atoms with Crippen molar-refractivity contribution in [1.29, 1.82) is 0 Å². The summed E-state index contributed by atoms with van der Waals surface area (Å²) in [6.07, 6.45) is 2.29. The minimum atomic E-state index is 0.658. The third-order valence-electron chi connectivity index (χ3n) is 4.24. The largest absolute Gasteiger partial charge is 0.486 e. The van der Waals surface area contributed by atoms with Crippen molar-refractivity contribution in [1.82, 2.24) is 10.2 Å². The van der Waals surface area contributed by atoms with Crippen molar-refractivity contribution in [3.05, 3.63) is 23.8 Å². The first-order valence-electron chi connectivity index (χ1n) is 7.70. The molecule has 0 saturated carbocycles. The zero-order chi connectivity index (χ0) is 13.8. The summed E-state index contributed by atoms with van der Waals surface area (Å²) in [6, 6.07) is 7.02. The smallest absolute Gasteiger partial charge is 0.161 e. The van der Waals surface area contributed by atoms with E-state index in [9.17, 15) is 0 Å². The van der Waals surface area contributed by atoms with E-state index in [4.69, 9.17) is 9.47 Å². The first-order valence-corrected chi connectivity index (χ1v) is 7.70. The van der Waals surface area contributed by atoms with E-state index in [-0.39, 0.29) is 0 Å². The molecule has 2 aliphatic heterocycles. The van der Waals surface area contributed by atoms with Crippen molar-refractivity contribution in [2.24, 2.45) is 0 Å². The molecule has 4 heteroatoms. The maximum atomic E-state index is 5.65. The predicted molar refractivity (Wildman–Crippen MR) is 79.7 cm³/mol. The van der Waals surface area contributed by atoms with Gasteiger partial charge in [-0.05, 0) is 30.5 Å². The molecule has 0 aliphatic carbocycles. The van der Waals surface area contributed by atoms with Crippen LogP contribution in [0.2, 0.25) is 0 Å². The molecule has 1 unspecified atom stereocenters. The normalized spacial score (nSPS) is 22.8. The molecule has 0 radical (unpaired) electrons. The van der Waals surface area contributed by atoms with Gasteiger partial charge in [-0.2, -0.15) is 0 Å². The monoisotopic (exact) mass is 276 g/mol. The van der Waals surface area contributed by atoms with E-state index < -0.39 is 0 Å². The number of nitrogens with one attached hydrogen (secondary N) is 1. The van der Waals surface area contributed by atoms with E-state index in [1.54, 1.807) is 0 Å². The molecule has 1 saturated heterocycles. The number of fused-ring (bicyclic) bond motifs is 1. The standard InChI is InChI=1S/C16H24N2O2/c1-2-14-12-17-6-8-18(14)7-5-13-3-4-15-16(11-13)20-10-9-19-15/h3-4,11,14,17H,2,5-10,12H2,1H3. The Hall–Kier alpha value is -1.26. The van der Waals surface area contributed by atoms with Gasteiger partial charge in [-0.15, -0.1) is 0 Å². The molecule has 1 N–H and O–H groups in total. The number of nitrogens with zero attached hydrogens (tertiary/aromatic N) is 1. The summed E-state index contributed by atoms with van der Waals surface area (Å²) >= 11 is 0. The molecule has 1 fully saturated rings. The van der Waals surface area contributed by atoms with Crippen LogP contribution in [0, 0.1) is 0 Å². The average molecular weight is 276 g/mol. The second-order valence-electron chi connectivity index (χ2n) is 5.53. The molecular formula is C16H24N2O2. The van der Waals surface area contributed by atoms with Gasteiger partial charge < -0.3 is 14.8 Å². The Bertz CT molecular complexity index is 450. The van der Waals surface area contributed by atoms with Gasteiger partial charge in [0, 0.05) is 32.2 Å². The summed E-state index contributed by atoms with van der Waals surface area (Å²) in [6.45, 7) is 8.10. The maximum absolute atomic E-state index is 5.65. The number of ether oxygens (including phenoxy) is 2. The van der Waals surface area contributed by atoms with Crippen molar-refractivity contribution in [2.75, 3.05) is 39.4 Å². The predicted octanol–water partition coefficient (Wildman–Crippen LogP) is 1.68. The highest BCUT2D eigenvalue weighted by Gasteiger charge is 2.20. The summed E-state index contributed by atoms with van der Waals surface area (Å²) in [5.41, 5.74) is 1.34. The van der Waals surface area contributed by atoms with Gasteiger partial charge in [0.1, 0.15) is 13.2 Å². The Morgan fingerprint density at radius 3 is 2.95 bits per heavy atom. The fraction of sp³-hybridized carbons (Fsp3) is 0.625. The van der Waals surface area contributed by atoms with Gasteiger partial charge in [0.05, 0.1) is 0 Å². The number of rotatable bonds is 4. The Morgan fingerprint density at radius 2 is 2.10 bits per heavy atom. The minimum Gasteiger partial charge on any atom is -0.486 e. The number of hydrogen-bond acceptors (Lipinski definition) is 4. The summed E-state index contributed by atoms with van der Waals surface area (Å²) in [5.74, 6) is 1.79. The maximum Gasteiger partial charge on any atom is 0.161 e. The molecule has 1 aromatic carbocycles. The minimum absolute atomic E-state index is 0.658. The van der Waals surface area contributed by atoms with Gasteiger partial charge in [-0.1, -0.05) is 13.0 Å². The summed E-state index contributed by atoms with van der Waals surface area (Å²) < 4.78 is 11.2. The van der Waals surface area contributed by atoms with Crippen molar-refractivity contribution >= 4 is 0 Å². The second kappa shape index (κ2) is 6.46. The van der Waals surface area contributed by atoms with Crippen molar-refractivity contribution in [2.45, 2.75) is 25.8 Å². The summed E-state index contributed by atoms with van der Waals surface area (Å²) in [4.78, 5) is 2.60. The Labute approximate surface area is 121 Å². The van der Waals surface area contributed by atoms with E-state index in [0.29, 0.717) is 19.3 Å². The quantitative estimate of drug-likeness (QED) is 0.907. The van der Waals surface area contributed by atoms with Crippen molar-refractivity contribution < 1.29 is 9.47 Å². The third kappa shape index (κ3) is 3.07. The molecule has 3 rings (SSSR count). The Morgan fingerprint density at radius 1 is 1.25 bits per heavy atom. The molecule has 20 heavy (non-hydrogen) atoms. The highest BCUT2D eigenvalue weighted by molar-refractivity contribution is 5.43. The second-order valence-corrected chi connectivity index (χ2v) is 5.53. The molecule has 1 atom stereocenters. The molecule has 110 valence electrons. The first kappa shape index (κ1) is 13.7. The van der Waals surface area contributed by atoms with Crippen LogP contribution < -0.4 is 14.8 Å². The van der Waals surface area contributed by atoms with Gasteiger partial charge in [-0.3, -0.25) is 4.90 Å². The van der Waals surface area contributed by atoms with Crippen LogP contribution in [0.1, 0.15) is 18.9 Å². The van der Waals surface area contributed by atoms with E-state index in [1.807, 2.05) is 6.07 Å². The van der Waals surface area contributed by atoms with Crippen molar-refractivity contribution in [3.8, 4) is 11.5 Å². The topological polar surface area (TPSA) is 33.7 Å². The molecule has 1 aromatic rings. The zero-order valence-electron chi connectivity index (χ0n) is 12.2. The summed E-state index contributed by atoms with van der Waals surface area (Å²) in [5, 5.41) is 3.48. The molecule has 0 amide bonds. The molecule has 2 aliphatic rings. The van der Waals surface area contributed by atoms with Crippen LogP contribution in [0.5, 0.6) is 11.5 Å². The fourth-order valence-corrected chi connectivity index (χ4v) is 3.02. The van der Waals surface area contributed by atoms with Crippen molar-refractivity contribution in [3.63, 3.8) is 0 Å². The van der Waals surface area contributed by atoms with E-state index in [2.05, 4.69) is 29.3 Å². The highest BCUT2D eigenvalue weighted by atomic mass is 16.6. The van der Waals surface area contributed by atoms with Gasteiger partial charge in [0.15, 0.2) is 11.5 Å². The number of benzene rings is 1. The Balaban J connectivity index is 1.60. The van der Waals surface area contributed by atoms with Gasteiger partial charge in [0.25, 0.3) is 0 Å². The third-order valence-corrected chi connectivity index (χ3v) is 4.24. The fourth-order valence-electron chi connectivity index (χ4n) is 3.02. The van der Waals surface area contributed by atoms with Crippen LogP contribution >= 0.6 is 0 Å². The first-order chi connectivity index (χ1) is 9.86. The Kier molecular flexibility index (Phi) is 4.43. The molecular weight excluding hydrogens is 252 g/mol. The molecule has 0 bridgehead atoms. The average Bonchev–Trinajstić information content (AvgIpc) is 2.53. The van der Waals surface area contributed by atoms with Gasteiger partial charge in [-0.25, -0.2) is 0 Å². The lowest BCUT2D eigenvalue weighted by molar-refractivity contribution is 0.158. The molecule has 0 aromatic heterocycles. The van der Waals surface area contributed by atoms with Crippen LogP contribution in [-0.4, -0.2) is 50.3 Å². The van der Waals surface area contributed by atoms with Crippen LogP contribution in [0.4, 0.5) is 0 Å². The lowest BCUT2D eigenvalue weighted by Gasteiger charge is -2.35. The van der Waals surface area contributed by atoms with Gasteiger partial charge in [0.2, 0.25) is 0 Å². The zero-order valence-corrected chi connectivity index (χ0v) is 12.2. The number of piperazine rings is 1. The van der Waals surface area contributed by atoms with Crippen LogP contribution in [0.3, 0.4) is 0 Å². The highest BCUT2D eigenvalue weighted by Crippen LogP contribution is 2.30. The lowest BCUT2D eigenvalue weighted by Crippen LogP contribution is -2.51. The van der Waals surface area contributed by atoms with E-state index >= 15 is 0 Å². The lowest BCUT2D eigenvalue weighted by atomic mass is 10.1. The van der Waals surface area contributed by atoms with E-state index in [1.165, 1.54) is 12.0 Å². The number of hydrogen-bond donors (Lipinski definition) is 1. The summed E-state index contributed by atoms with van der Waals surface area (Å²) in [7, 11) is 0. The van der Waals surface area contributed by atoms with E-state index in [0.717, 1.165) is 44.1 Å². The molecule has 2 heterocycles. The van der Waals surface area contributed by atoms with Gasteiger partial charge >= 0.3 is 0 Å². The van der Waals surface area contributed by atoms with Crippen LogP contribution in [-0.2, 0) is 6.42 Å². The molecule has 4 nitrogen and oxygen atoms in total. The SMILES string of the molecule is CCC1CNCCN1CCc1ccc2c(c1)OCCO2. The van der Waals surface area contributed by atoms with Crippen LogP contribution in [0.15, 0.2) is 18.2 Å². The molecule has 0 spiro atoms. The van der Waals surface area contributed by atoms with Crippen LogP contribution in [0.25, 0.3) is 0 Å².